The lowest BCUT2D eigenvalue weighted by Crippen LogP contribution is -2.33. The summed E-state index contributed by atoms with van der Waals surface area (Å²) < 4.78 is 12.8. The Labute approximate surface area is 225 Å². The van der Waals surface area contributed by atoms with Crippen LogP contribution < -0.4 is 15.2 Å². The largest absolute Gasteiger partial charge is 0.489 e. The second-order valence-electron chi connectivity index (χ2n) is 8.50. The maximum atomic E-state index is 13.4. The minimum Gasteiger partial charge on any atom is -0.489 e. The molecule has 5 rings (SSSR count). The molecule has 0 spiro atoms. The molecule has 3 aromatic carbocycles. The van der Waals surface area contributed by atoms with Crippen LogP contribution >= 0.6 is 0 Å². The summed E-state index contributed by atoms with van der Waals surface area (Å²) in [5, 5.41) is 9.34. The van der Waals surface area contributed by atoms with Crippen LogP contribution in [0.15, 0.2) is 88.1 Å². The van der Waals surface area contributed by atoms with Gasteiger partial charge in [0, 0.05) is 14.1 Å². The Kier molecular flexibility index (Phi) is 8.10. The number of carboxylic acid groups (broad SMARTS) is 1. The fourth-order valence-electron chi connectivity index (χ4n) is 4.39. The van der Waals surface area contributed by atoms with Crippen LogP contribution in [0.1, 0.15) is 41.4 Å². The Morgan fingerprint density at radius 1 is 0.949 bits per heavy atom. The summed E-state index contributed by atoms with van der Waals surface area (Å²) in [6.07, 6.45) is 0. The number of aromatic nitrogens is 3. The van der Waals surface area contributed by atoms with Gasteiger partial charge in [0.1, 0.15) is 5.52 Å². The second kappa shape index (κ2) is 11.6. The van der Waals surface area contributed by atoms with Gasteiger partial charge in [0.25, 0.3) is 11.4 Å². The summed E-state index contributed by atoms with van der Waals surface area (Å²) in [4.78, 5) is 36.0. The predicted molar refractivity (Wildman–Crippen MR) is 150 cm³/mol. The van der Waals surface area contributed by atoms with Crippen molar-refractivity contribution in [1.82, 2.24) is 14.5 Å². The molecule has 0 aliphatic rings. The number of para-hydroxylation sites is 2. The predicted octanol–water partition coefficient (Wildman–Crippen LogP) is 5.55. The molecule has 0 radical (unpaired) electrons. The normalized spacial score (nSPS) is 11.4. The van der Waals surface area contributed by atoms with Crippen LogP contribution in [0.4, 0.5) is 5.95 Å². The molecule has 0 bridgehead atoms. The highest BCUT2D eigenvalue weighted by molar-refractivity contribution is 5.87. The minimum absolute atomic E-state index is 0.0216. The number of ether oxygens (including phenoxy) is 1. The van der Waals surface area contributed by atoms with E-state index < -0.39 is 11.5 Å². The molecule has 9 heteroatoms. The minimum atomic E-state index is -1.00. The van der Waals surface area contributed by atoms with Crippen LogP contribution in [0, 0.1) is 0 Å². The van der Waals surface area contributed by atoms with Gasteiger partial charge in [-0.3, -0.25) is 9.36 Å². The highest BCUT2D eigenvalue weighted by Gasteiger charge is 2.27. The highest BCUT2D eigenvalue weighted by Crippen LogP contribution is 2.34. The van der Waals surface area contributed by atoms with E-state index in [-0.39, 0.29) is 28.9 Å². The van der Waals surface area contributed by atoms with Gasteiger partial charge in [0.05, 0.1) is 18.7 Å². The molecule has 5 aromatic rings. The molecule has 0 fully saturated rings. The van der Waals surface area contributed by atoms with Gasteiger partial charge < -0.3 is 19.2 Å². The number of methoxy groups -OCH3 is 1. The number of aromatic carboxylic acids is 1. The van der Waals surface area contributed by atoms with E-state index in [2.05, 4.69) is 4.98 Å². The Morgan fingerprint density at radius 2 is 1.56 bits per heavy atom. The van der Waals surface area contributed by atoms with E-state index in [1.807, 2.05) is 74.3 Å². The first-order valence-corrected chi connectivity index (χ1v) is 12.5. The third-order valence-electron chi connectivity index (χ3n) is 6.22. The third kappa shape index (κ3) is 5.24. The van der Waals surface area contributed by atoms with E-state index in [0.29, 0.717) is 17.0 Å². The first-order valence-electron chi connectivity index (χ1n) is 12.5. The van der Waals surface area contributed by atoms with Crippen molar-refractivity contribution in [2.75, 3.05) is 19.1 Å². The Hall–Kier alpha value is -4.92. The molecular weight excluding hydrogens is 496 g/mol. The topological polar surface area (TPSA) is 111 Å². The van der Waals surface area contributed by atoms with Crippen molar-refractivity contribution in [3.8, 4) is 17.3 Å². The van der Waals surface area contributed by atoms with E-state index in [4.69, 9.17) is 14.1 Å². The maximum Gasteiger partial charge on any atom is 0.335 e. The monoisotopic (exact) mass is 526 g/mol. The van der Waals surface area contributed by atoms with Gasteiger partial charge in [-0.1, -0.05) is 68.4 Å². The molecule has 1 atom stereocenters. The number of anilines is 1. The first-order chi connectivity index (χ1) is 18.9. The van der Waals surface area contributed by atoms with Gasteiger partial charge in [-0.05, 0) is 35.4 Å². The number of nitrogens with zero attached hydrogens (tertiary/aromatic N) is 4. The SMILES string of the molecule is CC.COc1c(-c2nc3ccccc3o2)nc(N(C)C(c2ccccc2)c2ccc(C(=O)O)cc2)n(C)c1=O. The molecule has 2 aromatic heterocycles. The van der Waals surface area contributed by atoms with E-state index in [9.17, 15) is 14.7 Å². The molecule has 0 amide bonds. The van der Waals surface area contributed by atoms with Crippen molar-refractivity contribution >= 4 is 23.0 Å². The number of benzene rings is 3. The number of hydrogen-bond donors (Lipinski definition) is 1. The summed E-state index contributed by atoms with van der Waals surface area (Å²) in [5.74, 6) is -0.460. The van der Waals surface area contributed by atoms with Crippen LogP contribution in [0.25, 0.3) is 22.7 Å². The molecule has 0 aliphatic carbocycles. The molecule has 1 unspecified atom stereocenters. The zero-order valence-corrected chi connectivity index (χ0v) is 22.5. The molecule has 0 aliphatic heterocycles. The number of hydrogen-bond acceptors (Lipinski definition) is 7. The lowest BCUT2D eigenvalue weighted by atomic mass is 9.96. The van der Waals surface area contributed by atoms with Gasteiger partial charge in [-0.15, -0.1) is 0 Å². The molecule has 9 nitrogen and oxygen atoms in total. The average Bonchev–Trinajstić information content (AvgIpc) is 3.40. The van der Waals surface area contributed by atoms with Crippen LogP contribution in [0.3, 0.4) is 0 Å². The molecular formula is C30H30N4O5. The van der Waals surface area contributed by atoms with Crippen LogP contribution in [-0.2, 0) is 7.05 Å². The number of carbonyl (C=O) groups is 1. The molecule has 0 saturated heterocycles. The molecule has 1 N–H and O–H groups in total. The van der Waals surface area contributed by atoms with Crippen molar-refractivity contribution < 1.29 is 19.1 Å². The van der Waals surface area contributed by atoms with Crippen molar-refractivity contribution in [3.05, 3.63) is 106 Å². The zero-order chi connectivity index (χ0) is 28.1. The molecule has 200 valence electrons. The summed E-state index contributed by atoms with van der Waals surface area (Å²) in [7, 11) is 4.85. The molecule has 39 heavy (non-hydrogen) atoms. The summed E-state index contributed by atoms with van der Waals surface area (Å²) in [6, 6.07) is 23.3. The van der Waals surface area contributed by atoms with Gasteiger partial charge in [0.2, 0.25) is 11.7 Å². The lowest BCUT2D eigenvalue weighted by Gasteiger charge is -2.31. The van der Waals surface area contributed by atoms with Gasteiger partial charge in [0.15, 0.2) is 11.3 Å². The van der Waals surface area contributed by atoms with E-state index in [1.165, 1.54) is 11.7 Å². The van der Waals surface area contributed by atoms with Gasteiger partial charge in [-0.2, -0.15) is 0 Å². The number of rotatable bonds is 7. The van der Waals surface area contributed by atoms with Gasteiger partial charge in [-0.25, -0.2) is 14.8 Å². The van der Waals surface area contributed by atoms with E-state index in [1.54, 1.807) is 37.4 Å². The second-order valence-corrected chi connectivity index (χ2v) is 8.50. The highest BCUT2D eigenvalue weighted by atomic mass is 16.5. The zero-order valence-electron chi connectivity index (χ0n) is 22.5. The quantitative estimate of drug-likeness (QED) is 0.294. The van der Waals surface area contributed by atoms with Crippen LogP contribution in [0.5, 0.6) is 5.75 Å². The lowest BCUT2D eigenvalue weighted by molar-refractivity contribution is 0.0697. The third-order valence-corrected chi connectivity index (χ3v) is 6.22. The molecule has 0 saturated carbocycles. The Balaban J connectivity index is 0.00000172. The van der Waals surface area contributed by atoms with Gasteiger partial charge >= 0.3 is 5.97 Å². The van der Waals surface area contributed by atoms with Crippen molar-refractivity contribution in [2.24, 2.45) is 7.05 Å². The summed E-state index contributed by atoms with van der Waals surface area (Å²) >= 11 is 0. The Morgan fingerprint density at radius 3 is 2.18 bits per heavy atom. The average molecular weight is 527 g/mol. The first kappa shape index (κ1) is 27.1. The number of fused-ring (bicyclic) bond motifs is 1. The number of oxazole rings is 1. The van der Waals surface area contributed by atoms with Crippen LogP contribution in [0.2, 0.25) is 0 Å². The van der Waals surface area contributed by atoms with Crippen molar-refractivity contribution in [3.63, 3.8) is 0 Å². The van der Waals surface area contributed by atoms with Crippen molar-refractivity contribution in [2.45, 2.75) is 19.9 Å². The summed E-state index contributed by atoms with van der Waals surface area (Å²) in [6.45, 7) is 4.00. The molecule has 2 heterocycles. The van der Waals surface area contributed by atoms with E-state index in [0.717, 1.165) is 11.1 Å². The summed E-state index contributed by atoms with van der Waals surface area (Å²) in [5.41, 5.74) is 2.94. The van der Waals surface area contributed by atoms with Crippen molar-refractivity contribution in [1.29, 1.82) is 0 Å². The maximum absolute atomic E-state index is 13.4. The Bertz CT molecular complexity index is 1610. The smallest absolute Gasteiger partial charge is 0.335 e. The standard InChI is InChI=1S/C28H24N4O5.C2H6/c1-31(23(17-9-5-4-6-10-17)18-13-15-19(16-14-18)27(34)35)28-30-22(24(36-3)26(33)32(28)2)25-29-20-11-7-8-12-21(20)37-25;1-2/h4-16,23H,1-3H3,(H,34,35);1-2H3. The number of carboxylic acids is 1. The fraction of sp³-hybridized carbons (Fsp3) is 0.200. The van der Waals surface area contributed by atoms with E-state index >= 15 is 0 Å². The van der Waals surface area contributed by atoms with Crippen LogP contribution in [-0.4, -0.2) is 39.8 Å². The fourth-order valence-corrected chi connectivity index (χ4v) is 4.39.